The first kappa shape index (κ1) is 9.05. The molecule has 0 amide bonds. The molecule has 0 unspecified atom stereocenters. The van der Waals surface area contributed by atoms with Gasteiger partial charge in [-0.25, -0.2) is 0 Å². The molecule has 0 N–H and O–H groups in total. The summed E-state index contributed by atoms with van der Waals surface area (Å²) in [7, 11) is 0. The highest BCUT2D eigenvalue weighted by molar-refractivity contribution is 5.45. The Labute approximate surface area is 74.9 Å². The monoisotopic (exact) mass is 160 g/mol. The van der Waals surface area contributed by atoms with Crippen LogP contribution in [0.4, 0.5) is 0 Å². The van der Waals surface area contributed by atoms with Gasteiger partial charge in [0.25, 0.3) is 0 Å². The molecule has 12 heavy (non-hydrogen) atoms. The fourth-order valence-electron chi connectivity index (χ4n) is 0.839. The molecule has 0 heteroatoms. The smallest absolute Gasteiger partial charge is 0.0263 e. The Morgan fingerprint density at radius 1 is 0.917 bits per heavy atom. The van der Waals surface area contributed by atoms with Crippen molar-refractivity contribution in [1.29, 1.82) is 0 Å². The van der Waals surface area contributed by atoms with Crippen LogP contribution >= 0.6 is 0 Å². The Hall–Kier alpha value is -1.04. The van der Waals surface area contributed by atoms with Crippen LogP contribution in [0.2, 0.25) is 0 Å². The second-order valence-corrected chi connectivity index (χ2v) is 3.03. The van der Waals surface area contributed by atoms with E-state index >= 15 is 0 Å². The minimum atomic E-state index is 1.17. The summed E-state index contributed by atoms with van der Waals surface area (Å²) in [5.41, 5.74) is 1.17. The standard InChI is InChI=1S/C8H8.C4H8/c1-2-8-6-4-3-5-7-8;1-2-4-3-1/h2-7H,1H2;1-4H2. The molecule has 1 aromatic carbocycles. The quantitative estimate of drug-likeness (QED) is 0.584. The van der Waals surface area contributed by atoms with Crippen LogP contribution in [0.25, 0.3) is 6.08 Å². The van der Waals surface area contributed by atoms with Gasteiger partial charge in [0, 0.05) is 0 Å². The molecule has 0 saturated heterocycles. The molecule has 0 nitrogen and oxygen atoms in total. The average Bonchev–Trinajstić information content (AvgIpc) is 2.03. The summed E-state index contributed by atoms with van der Waals surface area (Å²) in [6, 6.07) is 10.0. The lowest BCUT2D eigenvalue weighted by Crippen LogP contribution is -1.85. The van der Waals surface area contributed by atoms with Gasteiger partial charge in [-0.3, -0.25) is 0 Å². The molecule has 1 fully saturated rings. The van der Waals surface area contributed by atoms with Crippen LogP contribution in [0.5, 0.6) is 0 Å². The largest absolute Gasteiger partial charge is 0.0985 e. The average molecular weight is 160 g/mol. The van der Waals surface area contributed by atoms with Crippen molar-refractivity contribution in [2.75, 3.05) is 0 Å². The molecule has 1 aliphatic rings. The van der Waals surface area contributed by atoms with E-state index in [4.69, 9.17) is 0 Å². The van der Waals surface area contributed by atoms with Crippen molar-refractivity contribution in [3.63, 3.8) is 0 Å². The first-order valence-corrected chi connectivity index (χ1v) is 4.61. The summed E-state index contributed by atoms with van der Waals surface area (Å²) in [6.45, 7) is 3.63. The van der Waals surface area contributed by atoms with Gasteiger partial charge < -0.3 is 0 Å². The van der Waals surface area contributed by atoms with Crippen LogP contribution in [-0.4, -0.2) is 0 Å². The van der Waals surface area contributed by atoms with E-state index < -0.39 is 0 Å². The Morgan fingerprint density at radius 3 is 1.67 bits per heavy atom. The Morgan fingerprint density at radius 2 is 1.42 bits per heavy atom. The zero-order chi connectivity index (χ0) is 8.65. The van der Waals surface area contributed by atoms with E-state index in [2.05, 4.69) is 6.58 Å². The topological polar surface area (TPSA) is 0 Å². The number of hydrogen-bond acceptors (Lipinski definition) is 0. The molecular formula is C12H16. The fraction of sp³-hybridized carbons (Fsp3) is 0.333. The second kappa shape index (κ2) is 5.59. The van der Waals surface area contributed by atoms with Crippen LogP contribution in [0, 0.1) is 0 Å². The molecule has 0 bridgehead atoms. The van der Waals surface area contributed by atoms with E-state index in [1.54, 1.807) is 0 Å². The van der Waals surface area contributed by atoms with Crippen LogP contribution in [0.3, 0.4) is 0 Å². The van der Waals surface area contributed by atoms with Crippen LogP contribution in [-0.2, 0) is 0 Å². The van der Waals surface area contributed by atoms with Crippen molar-refractivity contribution in [2.24, 2.45) is 0 Å². The first-order valence-electron chi connectivity index (χ1n) is 4.61. The highest BCUT2D eigenvalue weighted by Gasteiger charge is 1.95. The molecule has 1 aromatic rings. The summed E-state index contributed by atoms with van der Waals surface area (Å²) in [6.07, 6.45) is 7.83. The molecular weight excluding hydrogens is 144 g/mol. The Balaban J connectivity index is 0.000000150. The molecule has 1 saturated carbocycles. The molecule has 1 aliphatic carbocycles. The second-order valence-electron chi connectivity index (χ2n) is 3.03. The third-order valence-electron chi connectivity index (χ3n) is 2.04. The van der Waals surface area contributed by atoms with Gasteiger partial charge in [-0.15, -0.1) is 0 Å². The summed E-state index contributed by atoms with van der Waals surface area (Å²) in [5.74, 6) is 0. The van der Waals surface area contributed by atoms with Gasteiger partial charge >= 0.3 is 0 Å². The summed E-state index contributed by atoms with van der Waals surface area (Å²) >= 11 is 0. The van der Waals surface area contributed by atoms with E-state index in [-0.39, 0.29) is 0 Å². The summed E-state index contributed by atoms with van der Waals surface area (Å²) in [5, 5.41) is 0. The number of hydrogen-bond donors (Lipinski definition) is 0. The Kier molecular flexibility index (Phi) is 4.22. The maximum atomic E-state index is 3.63. The molecule has 0 heterocycles. The lowest BCUT2D eigenvalue weighted by atomic mass is 10.0. The highest BCUT2D eigenvalue weighted by atomic mass is 14.0. The van der Waals surface area contributed by atoms with E-state index in [0.717, 1.165) is 0 Å². The van der Waals surface area contributed by atoms with Crippen molar-refractivity contribution < 1.29 is 0 Å². The molecule has 0 radical (unpaired) electrons. The van der Waals surface area contributed by atoms with Gasteiger partial charge in [-0.2, -0.15) is 0 Å². The lowest BCUT2D eigenvalue weighted by Gasteiger charge is -2.05. The molecule has 0 atom stereocenters. The van der Waals surface area contributed by atoms with Gasteiger partial charge in [-0.1, -0.05) is 68.7 Å². The number of benzene rings is 1. The molecule has 2 rings (SSSR count). The summed E-state index contributed by atoms with van der Waals surface area (Å²) in [4.78, 5) is 0. The fourth-order valence-corrected chi connectivity index (χ4v) is 0.839. The van der Waals surface area contributed by atoms with Crippen molar-refractivity contribution in [3.8, 4) is 0 Å². The van der Waals surface area contributed by atoms with Crippen molar-refractivity contribution in [2.45, 2.75) is 25.7 Å². The van der Waals surface area contributed by atoms with Gasteiger partial charge in [0.15, 0.2) is 0 Å². The van der Waals surface area contributed by atoms with Crippen LogP contribution < -0.4 is 0 Å². The normalized spacial score (nSPS) is 13.7. The minimum absolute atomic E-state index is 1.17. The lowest BCUT2D eigenvalue weighted by molar-refractivity contribution is 0.504. The maximum absolute atomic E-state index is 3.63. The zero-order valence-corrected chi connectivity index (χ0v) is 7.50. The SMILES string of the molecule is C1CCC1.C=Cc1ccccc1. The third kappa shape index (κ3) is 3.38. The van der Waals surface area contributed by atoms with Gasteiger partial charge in [0.2, 0.25) is 0 Å². The molecule has 0 aromatic heterocycles. The van der Waals surface area contributed by atoms with Crippen LogP contribution in [0.15, 0.2) is 36.9 Å². The van der Waals surface area contributed by atoms with Gasteiger partial charge in [-0.05, 0) is 5.56 Å². The van der Waals surface area contributed by atoms with Crippen molar-refractivity contribution in [1.82, 2.24) is 0 Å². The third-order valence-corrected chi connectivity index (χ3v) is 2.04. The van der Waals surface area contributed by atoms with E-state index in [0.29, 0.717) is 0 Å². The molecule has 64 valence electrons. The van der Waals surface area contributed by atoms with Crippen molar-refractivity contribution >= 4 is 6.08 Å². The van der Waals surface area contributed by atoms with Gasteiger partial charge in [0.1, 0.15) is 0 Å². The van der Waals surface area contributed by atoms with E-state index in [1.807, 2.05) is 36.4 Å². The van der Waals surface area contributed by atoms with Crippen LogP contribution in [0.1, 0.15) is 31.2 Å². The van der Waals surface area contributed by atoms with Gasteiger partial charge in [0.05, 0.1) is 0 Å². The summed E-state index contributed by atoms with van der Waals surface area (Å²) < 4.78 is 0. The molecule has 0 aliphatic heterocycles. The predicted octanol–water partition coefficient (Wildman–Crippen LogP) is 3.89. The predicted molar refractivity (Wildman–Crippen MR) is 55.0 cm³/mol. The maximum Gasteiger partial charge on any atom is -0.0263 e. The Bertz CT molecular complexity index is 203. The van der Waals surface area contributed by atoms with E-state index in [9.17, 15) is 0 Å². The van der Waals surface area contributed by atoms with Crippen molar-refractivity contribution in [3.05, 3.63) is 42.5 Å². The molecule has 0 spiro atoms. The first-order chi connectivity index (χ1) is 5.93. The highest BCUT2D eigenvalue weighted by Crippen LogP contribution is 2.15. The van der Waals surface area contributed by atoms with E-state index in [1.165, 1.54) is 31.2 Å². The minimum Gasteiger partial charge on any atom is -0.0985 e. The zero-order valence-electron chi connectivity index (χ0n) is 7.50. The number of rotatable bonds is 1.